The van der Waals surface area contributed by atoms with Crippen LogP contribution in [0.25, 0.3) is 21.5 Å². The van der Waals surface area contributed by atoms with Crippen LogP contribution in [0, 0.1) is 0 Å². The van der Waals surface area contributed by atoms with Crippen LogP contribution in [-0.4, -0.2) is 5.11 Å². The molecule has 0 amide bonds. The number of hydrogen-bond acceptors (Lipinski definition) is 1. The second kappa shape index (κ2) is 4.68. The zero-order valence-corrected chi connectivity index (χ0v) is 12.7. The van der Waals surface area contributed by atoms with Crippen molar-refractivity contribution in [2.45, 2.75) is 12.5 Å². The van der Waals surface area contributed by atoms with Crippen molar-refractivity contribution in [3.63, 3.8) is 0 Å². The van der Waals surface area contributed by atoms with Crippen molar-refractivity contribution in [2.75, 3.05) is 0 Å². The predicted octanol–water partition coefficient (Wildman–Crippen LogP) is 4.98. The number of rotatable bonds is 0. The Labute approximate surface area is 134 Å². The van der Waals surface area contributed by atoms with Gasteiger partial charge in [-0.3, -0.25) is 0 Å². The number of hydrogen-bond donors (Lipinski definition) is 1. The Kier molecular flexibility index (Phi) is 2.61. The van der Waals surface area contributed by atoms with Crippen LogP contribution in [0.2, 0.25) is 0 Å². The van der Waals surface area contributed by atoms with Gasteiger partial charge in [-0.25, -0.2) is 0 Å². The topological polar surface area (TPSA) is 20.2 Å². The average molecular weight is 296 g/mol. The summed E-state index contributed by atoms with van der Waals surface area (Å²) in [5.41, 5.74) is 4.62. The van der Waals surface area contributed by atoms with E-state index in [1.165, 1.54) is 32.7 Å². The second-order valence-electron chi connectivity index (χ2n) is 6.29. The van der Waals surface area contributed by atoms with E-state index in [-0.39, 0.29) is 0 Å². The van der Waals surface area contributed by atoms with Gasteiger partial charge in [-0.05, 0) is 50.2 Å². The van der Waals surface area contributed by atoms with E-state index < -0.39 is 6.10 Å². The third kappa shape index (κ3) is 1.77. The minimum Gasteiger partial charge on any atom is -0.384 e. The van der Waals surface area contributed by atoms with E-state index in [1.807, 2.05) is 0 Å². The Morgan fingerprint density at radius 1 is 0.609 bits per heavy atom. The second-order valence-corrected chi connectivity index (χ2v) is 6.29. The molecule has 23 heavy (non-hydrogen) atoms. The van der Waals surface area contributed by atoms with Crippen molar-refractivity contribution in [1.29, 1.82) is 0 Å². The molecular formula is C22H16O. The summed E-state index contributed by atoms with van der Waals surface area (Å²) in [6.45, 7) is 0. The van der Waals surface area contributed by atoms with Gasteiger partial charge >= 0.3 is 0 Å². The molecule has 0 saturated heterocycles. The van der Waals surface area contributed by atoms with Crippen molar-refractivity contribution in [1.82, 2.24) is 0 Å². The summed E-state index contributed by atoms with van der Waals surface area (Å²) in [5, 5.41) is 15.9. The summed E-state index contributed by atoms with van der Waals surface area (Å²) in [4.78, 5) is 0. The van der Waals surface area contributed by atoms with Gasteiger partial charge in [0.15, 0.2) is 0 Å². The average Bonchev–Trinajstić information content (AvgIpc) is 2.61. The van der Waals surface area contributed by atoms with Crippen LogP contribution < -0.4 is 0 Å². The summed E-state index contributed by atoms with van der Waals surface area (Å²) in [6, 6.07) is 25.3. The van der Waals surface area contributed by atoms with Crippen LogP contribution in [-0.2, 0) is 6.42 Å². The van der Waals surface area contributed by atoms with E-state index in [4.69, 9.17) is 0 Å². The lowest BCUT2D eigenvalue weighted by Crippen LogP contribution is -2.14. The van der Waals surface area contributed by atoms with E-state index in [9.17, 15) is 5.11 Å². The Morgan fingerprint density at radius 2 is 1.09 bits per heavy atom. The van der Waals surface area contributed by atoms with Crippen molar-refractivity contribution >= 4 is 21.5 Å². The minimum absolute atomic E-state index is 0.539. The molecule has 0 radical (unpaired) electrons. The maximum absolute atomic E-state index is 10.9. The fourth-order valence-corrected chi connectivity index (χ4v) is 3.96. The number of aliphatic hydroxyl groups is 1. The number of benzene rings is 4. The molecule has 0 spiro atoms. The first-order valence-electron chi connectivity index (χ1n) is 8.02. The highest BCUT2D eigenvalue weighted by Gasteiger charge is 2.26. The molecule has 0 unspecified atom stereocenters. The SMILES string of the molecule is OC1c2ccc3ccccc3c2Cc2c1ccc1ccccc21. The summed E-state index contributed by atoms with van der Waals surface area (Å²) in [7, 11) is 0. The molecule has 0 bridgehead atoms. The molecule has 0 saturated carbocycles. The zero-order valence-electron chi connectivity index (χ0n) is 12.7. The maximum Gasteiger partial charge on any atom is 0.105 e. The Bertz CT molecular complexity index is 977. The molecule has 1 nitrogen and oxygen atoms in total. The largest absolute Gasteiger partial charge is 0.384 e. The maximum atomic E-state index is 10.9. The van der Waals surface area contributed by atoms with Crippen molar-refractivity contribution < 1.29 is 5.11 Å². The van der Waals surface area contributed by atoms with Crippen LogP contribution in [0.15, 0.2) is 72.8 Å². The summed E-state index contributed by atoms with van der Waals surface area (Å²) < 4.78 is 0. The third-order valence-corrected chi connectivity index (χ3v) is 5.10. The number of fused-ring (bicyclic) bond motifs is 6. The summed E-state index contributed by atoms with van der Waals surface area (Å²) >= 11 is 0. The van der Waals surface area contributed by atoms with Gasteiger partial charge in [0, 0.05) is 0 Å². The van der Waals surface area contributed by atoms with Crippen molar-refractivity contribution in [3.05, 3.63) is 95.1 Å². The molecule has 4 aromatic carbocycles. The van der Waals surface area contributed by atoms with Crippen molar-refractivity contribution in [3.8, 4) is 0 Å². The Morgan fingerprint density at radius 3 is 1.61 bits per heavy atom. The van der Waals surface area contributed by atoms with E-state index in [0.29, 0.717) is 0 Å². The molecule has 0 heterocycles. The van der Waals surface area contributed by atoms with Gasteiger partial charge in [-0.1, -0.05) is 72.8 Å². The Balaban J connectivity index is 1.85. The van der Waals surface area contributed by atoms with Crippen LogP contribution in [0.4, 0.5) is 0 Å². The highest BCUT2D eigenvalue weighted by atomic mass is 16.3. The van der Waals surface area contributed by atoms with E-state index in [1.54, 1.807) is 0 Å². The standard InChI is InChI=1S/C22H16O/c23-22-18-11-9-14-5-1-3-7-16(14)20(18)13-21-17-8-4-2-6-15(17)10-12-19(21)22/h1-12,22-23H,13H2. The lowest BCUT2D eigenvalue weighted by Gasteiger charge is -2.27. The first-order valence-corrected chi connectivity index (χ1v) is 8.02. The molecule has 0 atom stereocenters. The van der Waals surface area contributed by atoms with Gasteiger partial charge in [0.25, 0.3) is 0 Å². The predicted molar refractivity (Wildman–Crippen MR) is 94.8 cm³/mol. The number of aliphatic hydroxyl groups excluding tert-OH is 1. The molecule has 1 N–H and O–H groups in total. The van der Waals surface area contributed by atoms with Gasteiger partial charge < -0.3 is 5.11 Å². The highest BCUT2D eigenvalue weighted by molar-refractivity contribution is 5.92. The molecule has 0 fully saturated rings. The van der Waals surface area contributed by atoms with Gasteiger partial charge in [-0.15, -0.1) is 0 Å². The fourth-order valence-electron chi connectivity index (χ4n) is 3.96. The van der Waals surface area contributed by atoms with Crippen LogP contribution >= 0.6 is 0 Å². The smallest absolute Gasteiger partial charge is 0.105 e. The van der Waals surface area contributed by atoms with E-state index >= 15 is 0 Å². The van der Waals surface area contributed by atoms with E-state index in [0.717, 1.165) is 17.5 Å². The zero-order chi connectivity index (χ0) is 15.4. The fraction of sp³-hybridized carbons (Fsp3) is 0.0909. The molecule has 0 aliphatic heterocycles. The van der Waals surface area contributed by atoms with Gasteiger partial charge in [0.2, 0.25) is 0 Å². The van der Waals surface area contributed by atoms with Crippen LogP contribution in [0.3, 0.4) is 0 Å². The van der Waals surface area contributed by atoms with Crippen LogP contribution in [0.5, 0.6) is 0 Å². The normalized spacial score (nSPS) is 14.0. The molecule has 1 heteroatoms. The molecule has 110 valence electrons. The van der Waals surface area contributed by atoms with Crippen molar-refractivity contribution in [2.24, 2.45) is 0 Å². The van der Waals surface area contributed by atoms with Crippen LogP contribution in [0.1, 0.15) is 28.4 Å². The lowest BCUT2D eigenvalue weighted by atomic mass is 9.80. The molecule has 4 aromatic rings. The summed E-state index contributed by atoms with van der Waals surface area (Å²) in [5.74, 6) is 0. The Hall–Kier alpha value is -2.64. The van der Waals surface area contributed by atoms with Gasteiger partial charge in [0.1, 0.15) is 6.10 Å². The monoisotopic (exact) mass is 296 g/mol. The summed E-state index contributed by atoms with van der Waals surface area (Å²) in [6.07, 6.45) is 0.340. The minimum atomic E-state index is -0.539. The third-order valence-electron chi connectivity index (χ3n) is 5.10. The first kappa shape index (κ1) is 12.9. The van der Waals surface area contributed by atoms with Gasteiger partial charge in [0.05, 0.1) is 0 Å². The first-order chi connectivity index (χ1) is 11.3. The van der Waals surface area contributed by atoms with E-state index in [2.05, 4.69) is 72.8 Å². The lowest BCUT2D eigenvalue weighted by molar-refractivity contribution is 0.216. The molecule has 1 aliphatic carbocycles. The molecular weight excluding hydrogens is 280 g/mol. The molecule has 1 aliphatic rings. The quantitative estimate of drug-likeness (QED) is 0.485. The molecule has 5 rings (SSSR count). The molecule has 0 aromatic heterocycles. The highest BCUT2D eigenvalue weighted by Crippen LogP contribution is 2.40. The van der Waals surface area contributed by atoms with Gasteiger partial charge in [-0.2, -0.15) is 0 Å².